The highest BCUT2D eigenvalue weighted by Crippen LogP contribution is 2.29. The second kappa shape index (κ2) is 6.97. The third kappa shape index (κ3) is 4.46. The number of hydrogen-bond acceptors (Lipinski definition) is 5. The second-order valence-electron chi connectivity index (χ2n) is 6.75. The van der Waals surface area contributed by atoms with Crippen LogP contribution in [0.4, 0.5) is 0 Å². The average molecular weight is 365 g/mol. The first-order valence-electron chi connectivity index (χ1n) is 7.81. The van der Waals surface area contributed by atoms with E-state index in [2.05, 4.69) is 15.0 Å². The topological polar surface area (TPSA) is 97.4 Å². The molecule has 0 aliphatic heterocycles. The Hall–Kier alpha value is -2.19. The van der Waals surface area contributed by atoms with E-state index < -0.39 is 27.5 Å². The van der Waals surface area contributed by atoms with Crippen molar-refractivity contribution in [1.29, 1.82) is 0 Å². The van der Waals surface area contributed by atoms with Gasteiger partial charge in [-0.2, -0.15) is 4.72 Å². The van der Waals surface area contributed by atoms with Crippen LogP contribution in [0, 0.1) is 0 Å². The van der Waals surface area contributed by atoms with Gasteiger partial charge in [0.1, 0.15) is 11.3 Å². The fourth-order valence-corrected chi connectivity index (χ4v) is 3.75. The lowest BCUT2D eigenvalue weighted by Crippen LogP contribution is -2.50. The molecule has 2 aromatic rings. The van der Waals surface area contributed by atoms with Crippen molar-refractivity contribution >= 4 is 26.8 Å². The van der Waals surface area contributed by atoms with Gasteiger partial charge in [-0.25, -0.2) is 8.42 Å². The van der Waals surface area contributed by atoms with Crippen molar-refractivity contribution in [2.45, 2.75) is 44.2 Å². The Balaban J connectivity index is 2.38. The van der Waals surface area contributed by atoms with Crippen LogP contribution in [0.3, 0.4) is 0 Å². The van der Waals surface area contributed by atoms with E-state index in [1.165, 1.54) is 20.1 Å². The van der Waals surface area contributed by atoms with Gasteiger partial charge in [-0.05, 0) is 52.0 Å². The number of methoxy groups -OCH3 is 1. The van der Waals surface area contributed by atoms with Crippen LogP contribution in [0.5, 0.6) is 5.75 Å². The van der Waals surface area contributed by atoms with Crippen molar-refractivity contribution in [2.75, 3.05) is 7.11 Å². The van der Waals surface area contributed by atoms with Crippen molar-refractivity contribution < 1.29 is 17.9 Å². The normalized spacial score (nSPS) is 13.5. The van der Waals surface area contributed by atoms with Crippen LogP contribution in [0.15, 0.2) is 35.4 Å². The Kier molecular flexibility index (Phi) is 5.34. The number of pyridine rings is 1. The molecule has 1 heterocycles. The molecular weight excluding hydrogens is 342 g/mol. The lowest BCUT2D eigenvalue weighted by molar-refractivity contribution is -0.123. The van der Waals surface area contributed by atoms with Crippen molar-refractivity contribution in [3.63, 3.8) is 0 Å². The first kappa shape index (κ1) is 19.1. The quantitative estimate of drug-likeness (QED) is 0.842. The van der Waals surface area contributed by atoms with Gasteiger partial charge in [0.25, 0.3) is 0 Å². The Morgan fingerprint density at radius 3 is 2.52 bits per heavy atom. The monoisotopic (exact) mass is 365 g/mol. The third-order valence-corrected chi connectivity index (χ3v) is 5.02. The maximum atomic E-state index is 12.8. The molecule has 7 nitrogen and oxygen atoms in total. The molecule has 8 heteroatoms. The number of rotatable bonds is 5. The van der Waals surface area contributed by atoms with E-state index in [-0.39, 0.29) is 4.90 Å². The Morgan fingerprint density at radius 1 is 1.24 bits per heavy atom. The number of carbonyl (C=O) groups excluding carboxylic acids is 1. The number of ether oxygens (including phenoxy) is 1. The molecule has 0 radical (unpaired) electrons. The van der Waals surface area contributed by atoms with Gasteiger partial charge in [0.15, 0.2) is 0 Å². The van der Waals surface area contributed by atoms with E-state index in [0.29, 0.717) is 16.7 Å². The molecule has 1 atom stereocenters. The zero-order valence-corrected chi connectivity index (χ0v) is 15.8. The fraction of sp³-hybridized carbons (Fsp3) is 0.412. The standard InChI is InChI=1S/C17H23N3O4S/c1-11(16(21)19-17(2,3)4)20-25(22,23)14-9-8-13(24-5)15-12(14)7-6-10-18-15/h6-11,20H,1-5H3,(H,19,21)/t11-/m0/s1. The van der Waals surface area contributed by atoms with Gasteiger partial charge in [0.05, 0.1) is 18.0 Å². The van der Waals surface area contributed by atoms with E-state index in [9.17, 15) is 13.2 Å². The van der Waals surface area contributed by atoms with Crippen LogP contribution in [0.1, 0.15) is 27.7 Å². The number of hydrogen-bond donors (Lipinski definition) is 2. The maximum absolute atomic E-state index is 12.8. The molecule has 2 rings (SSSR count). The number of sulfonamides is 1. The molecular formula is C17H23N3O4S. The van der Waals surface area contributed by atoms with Crippen molar-refractivity contribution in [2.24, 2.45) is 0 Å². The minimum absolute atomic E-state index is 0.0480. The number of nitrogens with zero attached hydrogens (tertiary/aromatic N) is 1. The van der Waals surface area contributed by atoms with Crippen LogP contribution >= 0.6 is 0 Å². The molecule has 136 valence electrons. The van der Waals surface area contributed by atoms with Crippen LogP contribution in [-0.4, -0.2) is 38.0 Å². The number of nitrogens with one attached hydrogen (secondary N) is 2. The Morgan fingerprint density at radius 2 is 1.92 bits per heavy atom. The summed E-state index contributed by atoms with van der Waals surface area (Å²) in [5, 5.41) is 3.18. The number of carbonyl (C=O) groups is 1. The summed E-state index contributed by atoms with van der Waals surface area (Å²) in [6.07, 6.45) is 1.56. The molecule has 0 unspecified atom stereocenters. The molecule has 1 amide bonds. The maximum Gasteiger partial charge on any atom is 0.241 e. The van der Waals surface area contributed by atoms with Crippen LogP contribution in [-0.2, 0) is 14.8 Å². The molecule has 0 aliphatic carbocycles. The first-order valence-corrected chi connectivity index (χ1v) is 9.29. The summed E-state index contributed by atoms with van der Waals surface area (Å²) in [5.41, 5.74) is -0.00674. The Bertz CT molecular complexity index is 888. The van der Waals surface area contributed by atoms with Gasteiger partial charge in [-0.15, -0.1) is 0 Å². The summed E-state index contributed by atoms with van der Waals surface area (Å²) in [6, 6.07) is 5.37. The van der Waals surface area contributed by atoms with E-state index >= 15 is 0 Å². The minimum atomic E-state index is -3.92. The highest BCUT2D eigenvalue weighted by atomic mass is 32.2. The molecule has 0 aliphatic rings. The molecule has 0 fully saturated rings. The summed E-state index contributed by atoms with van der Waals surface area (Å²) in [5.74, 6) is 0.0834. The van der Waals surface area contributed by atoms with Gasteiger partial charge in [-0.3, -0.25) is 9.78 Å². The highest BCUT2D eigenvalue weighted by molar-refractivity contribution is 7.89. The molecule has 1 aromatic heterocycles. The number of aromatic nitrogens is 1. The zero-order chi connectivity index (χ0) is 18.8. The van der Waals surface area contributed by atoms with E-state index in [1.807, 2.05) is 20.8 Å². The highest BCUT2D eigenvalue weighted by Gasteiger charge is 2.26. The summed E-state index contributed by atoms with van der Waals surface area (Å²) < 4.78 is 33.2. The summed E-state index contributed by atoms with van der Waals surface area (Å²) in [7, 11) is -2.42. The van der Waals surface area contributed by atoms with Crippen molar-refractivity contribution in [3.05, 3.63) is 30.5 Å². The van der Waals surface area contributed by atoms with E-state index in [0.717, 1.165) is 0 Å². The van der Waals surface area contributed by atoms with Crippen molar-refractivity contribution in [1.82, 2.24) is 15.0 Å². The molecule has 2 N–H and O–H groups in total. The smallest absolute Gasteiger partial charge is 0.241 e. The molecule has 0 saturated heterocycles. The molecule has 0 saturated carbocycles. The third-order valence-electron chi connectivity index (χ3n) is 3.43. The second-order valence-corrected chi connectivity index (χ2v) is 8.43. The van der Waals surface area contributed by atoms with Gasteiger partial charge >= 0.3 is 0 Å². The largest absolute Gasteiger partial charge is 0.494 e. The first-order chi connectivity index (χ1) is 11.5. The number of benzene rings is 1. The SMILES string of the molecule is COc1ccc(S(=O)(=O)N[C@@H](C)C(=O)NC(C)(C)C)c2cccnc12. The zero-order valence-electron chi connectivity index (χ0n) is 15.0. The average Bonchev–Trinajstić information content (AvgIpc) is 2.51. The predicted octanol–water partition coefficient (Wildman–Crippen LogP) is 1.82. The van der Waals surface area contributed by atoms with Gasteiger partial charge in [0.2, 0.25) is 15.9 Å². The van der Waals surface area contributed by atoms with Gasteiger partial charge in [-0.1, -0.05) is 0 Å². The van der Waals surface area contributed by atoms with Crippen LogP contribution < -0.4 is 14.8 Å². The number of fused-ring (bicyclic) bond motifs is 1. The van der Waals surface area contributed by atoms with Crippen molar-refractivity contribution in [3.8, 4) is 5.75 Å². The Labute approximate surface area is 147 Å². The van der Waals surface area contributed by atoms with Crippen LogP contribution in [0.25, 0.3) is 10.9 Å². The minimum Gasteiger partial charge on any atom is -0.494 e. The molecule has 25 heavy (non-hydrogen) atoms. The molecule has 0 spiro atoms. The van der Waals surface area contributed by atoms with Crippen LogP contribution in [0.2, 0.25) is 0 Å². The van der Waals surface area contributed by atoms with Gasteiger partial charge in [0, 0.05) is 17.1 Å². The van der Waals surface area contributed by atoms with Gasteiger partial charge < -0.3 is 10.1 Å². The van der Waals surface area contributed by atoms with E-state index in [4.69, 9.17) is 4.74 Å². The summed E-state index contributed by atoms with van der Waals surface area (Å²) >= 11 is 0. The summed E-state index contributed by atoms with van der Waals surface area (Å²) in [6.45, 7) is 6.99. The molecule has 0 bridgehead atoms. The molecule has 1 aromatic carbocycles. The lowest BCUT2D eigenvalue weighted by Gasteiger charge is -2.23. The lowest BCUT2D eigenvalue weighted by atomic mass is 10.1. The fourth-order valence-electron chi connectivity index (χ4n) is 2.35. The summed E-state index contributed by atoms with van der Waals surface area (Å²) in [4.78, 5) is 16.4. The number of amides is 1. The predicted molar refractivity (Wildman–Crippen MR) is 96.0 cm³/mol. The van der Waals surface area contributed by atoms with E-state index in [1.54, 1.807) is 24.4 Å².